The van der Waals surface area contributed by atoms with E-state index in [0.717, 1.165) is 40.9 Å². The molecule has 38 heavy (non-hydrogen) atoms. The predicted molar refractivity (Wildman–Crippen MR) is 154 cm³/mol. The van der Waals surface area contributed by atoms with Gasteiger partial charge >= 0.3 is 0 Å². The molecule has 5 rings (SSSR count). The van der Waals surface area contributed by atoms with Gasteiger partial charge in [-0.2, -0.15) is 5.26 Å². The van der Waals surface area contributed by atoms with Crippen LogP contribution in [0.15, 0.2) is 30.3 Å². The summed E-state index contributed by atoms with van der Waals surface area (Å²) in [5, 5.41) is 14.3. The van der Waals surface area contributed by atoms with Crippen LogP contribution < -0.4 is 5.32 Å². The Morgan fingerprint density at radius 3 is 2.53 bits per heavy atom. The molecule has 1 aromatic carbocycles. The number of halogens is 2. The van der Waals surface area contributed by atoms with Crippen molar-refractivity contribution in [3.05, 3.63) is 63.0 Å². The van der Waals surface area contributed by atoms with E-state index in [4.69, 9.17) is 26.0 Å². The molecule has 0 spiro atoms. The average Bonchev–Trinajstić information content (AvgIpc) is 3.43. The molecule has 1 aliphatic rings. The Morgan fingerprint density at radius 1 is 1.16 bits per heavy atom. The number of pyridine rings is 2. The van der Waals surface area contributed by atoms with Crippen molar-refractivity contribution in [1.29, 1.82) is 5.26 Å². The van der Waals surface area contributed by atoms with Gasteiger partial charge in [0.05, 0.1) is 23.0 Å². The number of benzene rings is 1. The molecule has 1 aliphatic carbocycles. The first-order chi connectivity index (χ1) is 17.9. The van der Waals surface area contributed by atoms with Gasteiger partial charge in [-0.25, -0.2) is 19.3 Å². The standard InChI is InChI=1S/C28H29ClFN5OSSi/c1-15-13-21(29)32-26-22(15)33-24-18(11-12-19(24)36-38(5,6)28(2,3)4)25(26)35-27-34-23(20(14-31)37-27)16-7-9-17(30)10-8-16/h7-10,13,19H,11-12H2,1-6H3,(H,33,34,35). The lowest BCUT2D eigenvalue weighted by atomic mass is 10.1. The van der Waals surface area contributed by atoms with Gasteiger partial charge in [0.25, 0.3) is 0 Å². The van der Waals surface area contributed by atoms with Crippen molar-refractivity contribution >= 4 is 53.1 Å². The van der Waals surface area contributed by atoms with E-state index < -0.39 is 8.32 Å². The third-order valence-electron chi connectivity index (χ3n) is 7.51. The SMILES string of the molecule is Cc1cc(Cl)nc2c(Nc3nc(-c4ccc(F)cc4)c(C#N)s3)c3c(nc12)C(O[Si](C)(C)C(C)(C)C)CC3. The first-order valence-corrected chi connectivity index (χ1v) is 16.6. The second-order valence-electron chi connectivity index (χ2n) is 11.2. The Morgan fingerprint density at radius 2 is 1.87 bits per heavy atom. The number of nitrogens with zero attached hydrogens (tertiary/aromatic N) is 4. The molecule has 6 nitrogen and oxygen atoms in total. The minimum Gasteiger partial charge on any atom is -0.408 e. The van der Waals surface area contributed by atoms with Crippen LogP contribution in [0.25, 0.3) is 22.3 Å². The van der Waals surface area contributed by atoms with E-state index in [0.29, 0.717) is 31.9 Å². The van der Waals surface area contributed by atoms with Crippen LogP contribution in [0.4, 0.5) is 15.2 Å². The van der Waals surface area contributed by atoms with E-state index in [2.05, 4.69) is 50.2 Å². The van der Waals surface area contributed by atoms with Crippen molar-refractivity contribution in [2.75, 3.05) is 5.32 Å². The van der Waals surface area contributed by atoms with E-state index in [1.165, 1.54) is 23.5 Å². The highest BCUT2D eigenvalue weighted by Crippen LogP contribution is 2.47. The summed E-state index contributed by atoms with van der Waals surface area (Å²) in [7, 11) is -2.04. The first-order valence-electron chi connectivity index (χ1n) is 12.5. The monoisotopic (exact) mass is 565 g/mol. The third-order valence-corrected chi connectivity index (χ3v) is 13.1. The summed E-state index contributed by atoms with van der Waals surface area (Å²) in [5.41, 5.74) is 6.29. The molecule has 0 bridgehead atoms. The molecule has 0 aliphatic heterocycles. The van der Waals surface area contributed by atoms with Crippen LogP contribution in [0, 0.1) is 24.1 Å². The average molecular weight is 566 g/mol. The van der Waals surface area contributed by atoms with Crippen molar-refractivity contribution < 1.29 is 8.82 Å². The molecular formula is C28H29ClFN5OSSi. The summed E-state index contributed by atoms with van der Waals surface area (Å²) in [6.45, 7) is 13.2. The number of anilines is 2. The fraction of sp³-hybridized carbons (Fsp3) is 0.357. The van der Waals surface area contributed by atoms with Crippen molar-refractivity contribution in [2.24, 2.45) is 0 Å². The molecule has 3 heterocycles. The summed E-state index contributed by atoms with van der Waals surface area (Å²) in [6, 6.07) is 10.0. The second-order valence-corrected chi connectivity index (χ2v) is 17.3. The van der Waals surface area contributed by atoms with Gasteiger partial charge < -0.3 is 9.74 Å². The third kappa shape index (κ3) is 4.82. The highest BCUT2D eigenvalue weighted by atomic mass is 35.5. The zero-order chi connectivity index (χ0) is 27.4. The molecule has 0 amide bonds. The summed E-state index contributed by atoms with van der Waals surface area (Å²) < 4.78 is 20.3. The molecule has 1 unspecified atom stereocenters. The lowest BCUT2D eigenvalue weighted by Gasteiger charge is -2.38. The maximum Gasteiger partial charge on any atom is 0.192 e. The van der Waals surface area contributed by atoms with E-state index in [9.17, 15) is 9.65 Å². The first kappa shape index (κ1) is 26.7. The minimum atomic E-state index is -2.04. The zero-order valence-electron chi connectivity index (χ0n) is 22.2. The zero-order valence-corrected chi connectivity index (χ0v) is 24.8. The van der Waals surface area contributed by atoms with E-state index in [-0.39, 0.29) is 17.0 Å². The predicted octanol–water partition coefficient (Wildman–Crippen LogP) is 8.48. The number of fused-ring (bicyclic) bond motifs is 2. The molecule has 1 N–H and O–H groups in total. The molecule has 0 fully saturated rings. The van der Waals surface area contributed by atoms with E-state index >= 15 is 0 Å². The number of nitriles is 1. The van der Waals surface area contributed by atoms with Crippen LogP contribution in [0.3, 0.4) is 0 Å². The van der Waals surface area contributed by atoms with Gasteiger partial charge in [0.15, 0.2) is 13.4 Å². The Bertz CT molecular complexity index is 1590. The topological polar surface area (TPSA) is 83.7 Å². The smallest absolute Gasteiger partial charge is 0.192 e. The Hall–Kier alpha value is -2.90. The maximum absolute atomic E-state index is 13.5. The largest absolute Gasteiger partial charge is 0.408 e. The summed E-state index contributed by atoms with van der Waals surface area (Å²) in [6.07, 6.45) is 1.50. The van der Waals surface area contributed by atoms with Gasteiger partial charge in [-0.1, -0.05) is 43.7 Å². The van der Waals surface area contributed by atoms with Crippen LogP contribution >= 0.6 is 22.9 Å². The van der Waals surface area contributed by atoms with Crippen LogP contribution in [-0.2, 0) is 10.8 Å². The van der Waals surface area contributed by atoms with Gasteiger partial charge in [-0.15, -0.1) is 0 Å². The Balaban J connectivity index is 1.63. The lowest BCUT2D eigenvalue weighted by molar-refractivity contribution is 0.181. The maximum atomic E-state index is 13.5. The Kier molecular flexibility index (Phi) is 6.80. The number of hydrogen-bond donors (Lipinski definition) is 1. The number of hydrogen-bond acceptors (Lipinski definition) is 7. The molecule has 0 saturated heterocycles. The normalized spacial score (nSPS) is 15.5. The number of aryl methyl sites for hydroxylation is 1. The van der Waals surface area contributed by atoms with Crippen molar-refractivity contribution in [3.63, 3.8) is 0 Å². The molecule has 3 aromatic heterocycles. The quantitative estimate of drug-likeness (QED) is 0.193. The van der Waals surface area contributed by atoms with Gasteiger partial charge in [0.1, 0.15) is 33.1 Å². The summed E-state index contributed by atoms with van der Waals surface area (Å²) in [5.74, 6) is -0.340. The molecule has 1 atom stereocenters. The lowest BCUT2D eigenvalue weighted by Crippen LogP contribution is -2.41. The highest BCUT2D eigenvalue weighted by molar-refractivity contribution is 7.16. The molecular weight excluding hydrogens is 537 g/mol. The second kappa shape index (κ2) is 9.69. The van der Waals surface area contributed by atoms with Crippen molar-refractivity contribution in [1.82, 2.24) is 15.0 Å². The molecule has 196 valence electrons. The van der Waals surface area contributed by atoms with Crippen LogP contribution in [-0.4, -0.2) is 23.3 Å². The fourth-order valence-electron chi connectivity index (χ4n) is 4.47. The van der Waals surface area contributed by atoms with E-state index in [1.54, 1.807) is 12.1 Å². The fourth-order valence-corrected chi connectivity index (χ4v) is 6.80. The molecule has 10 heteroatoms. The van der Waals surface area contributed by atoms with Gasteiger partial charge in [-0.05, 0) is 73.8 Å². The summed E-state index contributed by atoms with van der Waals surface area (Å²) >= 11 is 7.64. The molecule has 4 aromatic rings. The van der Waals surface area contributed by atoms with Crippen molar-refractivity contribution in [2.45, 2.75) is 64.8 Å². The minimum absolute atomic E-state index is 0.0734. The van der Waals surface area contributed by atoms with Crippen LogP contribution in [0.1, 0.15) is 55.0 Å². The van der Waals surface area contributed by atoms with Crippen molar-refractivity contribution in [3.8, 4) is 17.3 Å². The molecule has 0 saturated carbocycles. The van der Waals surface area contributed by atoms with Crippen LogP contribution in [0.5, 0.6) is 0 Å². The highest BCUT2D eigenvalue weighted by Gasteiger charge is 2.42. The van der Waals surface area contributed by atoms with Gasteiger partial charge in [0, 0.05) is 11.1 Å². The number of aromatic nitrogens is 3. The number of rotatable bonds is 5. The van der Waals surface area contributed by atoms with E-state index in [1.807, 2.05) is 13.0 Å². The summed E-state index contributed by atoms with van der Waals surface area (Å²) in [4.78, 5) is 14.9. The number of nitrogens with one attached hydrogen (secondary N) is 1. The van der Waals surface area contributed by atoms with Gasteiger partial charge in [0.2, 0.25) is 0 Å². The molecule has 0 radical (unpaired) electrons. The van der Waals surface area contributed by atoms with Crippen LogP contribution in [0.2, 0.25) is 23.3 Å². The van der Waals surface area contributed by atoms with Gasteiger partial charge in [-0.3, -0.25) is 0 Å². The number of thiazole rings is 1. The Labute approximate surface area is 232 Å².